The van der Waals surface area contributed by atoms with Crippen molar-refractivity contribution in [2.45, 2.75) is 19.2 Å². The van der Waals surface area contributed by atoms with Crippen LogP contribution >= 0.6 is 0 Å². The molecule has 2 aliphatic heterocycles. The molecule has 2 saturated heterocycles. The van der Waals surface area contributed by atoms with Crippen LogP contribution in [0.4, 0.5) is 16.2 Å². The van der Waals surface area contributed by atoms with E-state index in [1.165, 1.54) is 11.1 Å². The molecule has 2 amide bonds. The molecule has 7 heteroatoms. The van der Waals surface area contributed by atoms with Gasteiger partial charge in [-0.2, -0.15) is 0 Å². The molecule has 3 aromatic rings. The number of anilines is 2. The lowest BCUT2D eigenvalue weighted by Crippen LogP contribution is -2.41. The van der Waals surface area contributed by atoms with Crippen molar-refractivity contribution in [3.8, 4) is 0 Å². The lowest BCUT2D eigenvalue weighted by molar-refractivity contribution is -0.125. The molecule has 0 aromatic heterocycles. The SMILES string of the molecule is O=C1COCCN1c1ccc(N2C[C@H](CN(Cc3ccccc3)Cc3ccccc3)OC2=O)cc1. The number of carbonyl (C=O) groups is 2. The van der Waals surface area contributed by atoms with Gasteiger partial charge in [-0.25, -0.2) is 4.79 Å². The van der Waals surface area contributed by atoms with Gasteiger partial charge in [0.05, 0.1) is 13.2 Å². The molecular weight excluding hydrogens is 442 g/mol. The van der Waals surface area contributed by atoms with Gasteiger partial charge in [0.1, 0.15) is 12.7 Å². The van der Waals surface area contributed by atoms with Crippen molar-refractivity contribution < 1.29 is 19.1 Å². The van der Waals surface area contributed by atoms with Crippen LogP contribution in [-0.2, 0) is 27.4 Å². The van der Waals surface area contributed by atoms with Gasteiger partial charge in [0.25, 0.3) is 5.91 Å². The van der Waals surface area contributed by atoms with E-state index in [0.29, 0.717) is 26.2 Å². The fourth-order valence-corrected chi connectivity index (χ4v) is 4.59. The monoisotopic (exact) mass is 471 g/mol. The van der Waals surface area contributed by atoms with Crippen molar-refractivity contribution in [2.24, 2.45) is 0 Å². The van der Waals surface area contributed by atoms with Gasteiger partial charge < -0.3 is 14.4 Å². The van der Waals surface area contributed by atoms with Crippen molar-refractivity contribution in [1.29, 1.82) is 0 Å². The minimum atomic E-state index is -0.343. The number of benzene rings is 3. The number of hydrogen-bond donors (Lipinski definition) is 0. The van der Waals surface area contributed by atoms with E-state index in [1.807, 2.05) is 60.7 Å². The number of amides is 2. The summed E-state index contributed by atoms with van der Waals surface area (Å²) < 4.78 is 11.0. The van der Waals surface area contributed by atoms with Crippen molar-refractivity contribution in [3.63, 3.8) is 0 Å². The normalized spacial score (nSPS) is 18.3. The van der Waals surface area contributed by atoms with Crippen LogP contribution in [-0.4, -0.2) is 55.9 Å². The molecule has 2 heterocycles. The molecule has 180 valence electrons. The van der Waals surface area contributed by atoms with Gasteiger partial charge in [-0.15, -0.1) is 0 Å². The van der Waals surface area contributed by atoms with Gasteiger partial charge in [-0.3, -0.25) is 14.6 Å². The van der Waals surface area contributed by atoms with Crippen LogP contribution in [0, 0.1) is 0 Å². The molecule has 1 atom stereocenters. The summed E-state index contributed by atoms with van der Waals surface area (Å²) in [5.74, 6) is -0.0541. The minimum absolute atomic E-state index is 0.0541. The molecule has 0 saturated carbocycles. The summed E-state index contributed by atoms with van der Waals surface area (Å²) in [5.41, 5.74) is 4.01. The number of carbonyl (C=O) groups excluding carboxylic acids is 2. The molecule has 0 N–H and O–H groups in total. The van der Waals surface area contributed by atoms with Crippen LogP contribution in [0.2, 0.25) is 0 Å². The third-order valence-corrected chi connectivity index (χ3v) is 6.29. The highest BCUT2D eigenvalue weighted by Gasteiger charge is 2.33. The van der Waals surface area contributed by atoms with Gasteiger partial charge in [0.2, 0.25) is 0 Å². The van der Waals surface area contributed by atoms with E-state index in [1.54, 1.807) is 9.80 Å². The molecule has 2 fully saturated rings. The zero-order valence-corrected chi connectivity index (χ0v) is 19.6. The Bertz CT molecular complexity index is 1100. The topological polar surface area (TPSA) is 62.3 Å². The number of rotatable bonds is 8. The Morgan fingerprint density at radius 2 is 1.34 bits per heavy atom. The highest BCUT2D eigenvalue weighted by Crippen LogP contribution is 2.26. The van der Waals surface area contributed by atoms with E-state index in [4.69, 9.17) is 9.47 Å². The van der Waals surface area contributed by atoms with Crippen LogP contribution < -0.4 is 9.80 Å². The van der Waals surface area contributed by atoms with Gasteiger partial charge in [0.15, 0.2) is 0 Å². The molecule has 0 unspecified atom stereocenters. The van der Waals surface area contributed by atoms with E-state index >= 15 is 0 Å². The first-order valence-electron chi connectivity index (χ1n) is 11.9. The Balaban J connectivity index is 1.26. The molecule has 0 radical (unpaired) electrons. The highest BCUT2D eigenvalue weighted by molar-refractivity contribution is 5.95. The summed E-state index contributed by atoms with van der Waals surface area (Å²) in [7, 11) is 0. The molecule has 0 bridgehead atoms. The Morgan fingerprint density at radius 3 is 1.91 bits per heavy atom. The smallest absolute Gasteiger partial charge is 0.414 e. The van der Waals surface area contributed by atoms with E-state index in [2.05, 4.69) is 29.2 Å². The standard InChI is InChI=1S/C28H29N3O4/c32-27-21-34-16-15-30(27)24-11-13-25(14-12-24)31-20-26(35-28(31)33)19-29(17-22-7-3-1-4-8-22)18-23-9-5-2-6-10-23/h1-14,26H,15-21H2/t26-/m0/s1. The van der Waals surface area contributed by atoms with Gasteiger partial charge in [-0.05, 0) is 35.4 Å². The maximum Gasteiger partial charge on any atom is 0.414 e. The lowest BCUT2D eigenvalue weighted by atomic mass is 10.1. The Hall–Kier alpha value is -3.68. The third-order valence-electron chi connectivity index (χ3n) is 6.29. The van der Waals surface area contributed by atoms with Crippen LogP contribution in [0.25, 0.3) is 0 Å². The Kier molecular flexibility index (Phi) is 7.07. The largest absolute Gasteiger partial charge is 0.443 e. The molecule has 5 rings (SSSR count). The second-order valence-corrected chi connectivity index (χ2v) is 8.87. The summed E-state index contributed by atoms with van der Waals surface area (Å²) in [4.78, 5) is 30.5. The zero-order valence-electron chi connectivity index (χ0n) is 19.6. The average molecular weight is 472 g/mol. The Labute approximate surface area is 205 Å². The van der Waals surface area contributed by atoms with E-state index < -0.39 is 0 Å². The predicted octanol–water partition coefficient (Wildman–Crippen LogP) is 4.08. The first-order chi connectivity index (χ1) is 17.2. The summed E-state index contributed by atoms with van der Waals surface area (Å²) in [6.07, 6.45) is -0.583. The summed E-state index contributed by atoms with van der Waals surface area (Å²) in [6, 6.07) is 28.2. The summed E-state index contributed by atoms with van der Waals surface area (Å²) in [6.45, 7) is 3.81. The highest BCUT2D eigenvalue weighted by atomic mass is 16.6. The average Bonchev–Trinajstić information content (AvgIpc) is 3.25. The van der Waals surface area contributed by atoms with Crippen LogP contribution in [0.5, 0.6) is 0 Å². The maximum atomic E-state index is 12.7. The number of morpholine rings is 1. The van der Waals surface area contributed by atoms with Crippen LogP contribution in [0.15, 0.2) is 84.9 Å². The number of ether oxygens (including phenoxy) is 2. The fraction of sp³-hybridized carbons (Fsp3) is 0.286. The number of cyclic esters (lactones) is 1. The second-order valence-electron chi connectivity index (χ2n) is 8.87. The molecule has 0 aliphatic carbocycles. The Morgan fingerprint density at radius 1 is 0.771 bits per heavy atom. The van der Waals surface area contributed by atoms with Gasteiger partial charge in [-0.1, -0.05) is 60.7 Å². The molecule has 2 aliphatic rings. The van der Waals surface area contributed by atoms with Gasteiger partial charge in [0, 0.05) is 37.6 Å². The molecule has 7 nitrogen and oxygen atoms in total. The summed E-state index contributed by atoms with van der Waals surface area (Å²) in [5, 5.41) is 0. The number of nitrogens with zero attached hydrogens (tertiary/aromatic N) is 3. The van der Waals surface area contributed by atoms with Crippen LogP contribution in [0.1, 0.15) is 11.1 Å². The third kappa shape index (κ3) is 5.70. The zero-order chi connectivity index (χ0) is 24.0. The summed E-state index contributed by atoms with van der Waals surface area (Å²) >= 11 is 0. The first kappa shape index (κ1) is 23.1. The van der Waals surface area contributed by atoms with Crippen molar-refractivity contribution >= 4 is 23.4 Å². The number of hydrogen-bond acceptors (Lipinski definition) is 5. The maximum absolute atomic E-state index is 12.7. The predicted molar refractivity (Wildman–Crippen MR) is 134 cm³/mol. The minimum Gasteiger partial charge on any atom is -0.443 e. The molecular formula is C28H29N3O4. The first-order valence-corrected chi connectivity index (χ1v) is 11.9. The molecule has 3 aromatic carbocycles. The quantitative estimate of drug-likeness (QED) is 0.496. The van der Waals surface area contributed by atoms with Crippen molar-refractivity contribution in [3.05, 3.63) is 96.1 Å². The molecule has 35 heavy (non-hydrogen) atoms. The van der Waals surface area contributed by atoms with Crippen molar-refractivity contribution in [2.75, 3.05) is 42.6 Å². The van der Waals surface area contributed by atoms with E-state index in [-0.39, 0.29) is 24.7 Å². The molecule has 0 spiro atoms. The van der Waals surface area contributed by atoms with Crippen LogP contribution in [0.3, 0.4) is 0 Å². The second kappa shape index (κ2) is 10.7. The fourth-order valence-electron chi connectivity index (χ4n) is 4.59. The van der Waals surface area contributed by atoms with E-state index in [9.17, 15) is 9.59 Å². The van der Waals surface area contributed by atoms with Gasteiger partial charge >= 0.3 is 6.09 Å². The lowest BCUT2D eigenvalue weighted by Gasteiger charge is -2.27. The van der Waals surface area contributed by atoms with E-state index in [0.717, 1.165) is 24.5 Å². The van der Waals surface area contributed by atoms with Crippen molar-refractivity contribution in [1.82, 2.24) is 4.90 Å².